The molecule has 0 amide bonds. The maximum atomic E-state index is 11.9. The molecule has 0 unspecified atom stereocenters. The minimum absolute atomic E-state index is 0.191. The molecular formula is C17H24N2O5S. The lowest BCUT2D eigenvalue weighted by Crippen LogP contribution is -2.38. The van der Waals surface area contributed by atoms with Gasteiger partial charge in [0.25, 0.3) is 0 Å². The first-order chi connectivity index (χ1) is 11.9. The molecule has 138 valence electrons. The van der Waals surface area contributed by atoms with Crippen molar-refractivity contribution in [1.82, 2.24) is 0 Å². The van der Waals surface area contributed by atoms with Gasteiger partial charge in [-0.2, -0.15) is 0 Å². The van der Waals surface area contributed by atoms with E-state index >= 15 is 0 Å². The van der Waals surface area contributed by atoms with Crippen LogP contribution in [0.1, 0.15) is 38.5 Å². The van der Waals surface area contributed by atoms with E-state index in [2.05, 4.69) is 0 Å². The minimum atomic E-state index is -3.66. The number of anilines is 1. The van der Waals surface area contributed by atoms with Crippen LogP contribution in [0.15, 0.2) is 23.1 Å². The molecule has 1 saturated carbocycles. The fourth-order valence-electron chi connectivity index (χ4n) is 3.78. The Balaban J connectivity index is 1.75. The zero-order chi connectivity index (χ0) is 18.0. The molecule has 0 atom stereocenters. The van der Waals surface area contributed by atoms with Gasteiger partial charge in [-0.3, -0.25) is 10.1 Å². The van der Waals surface area contributed by atoms with Crippen LogP contribution in [0.5, 0.6) is 0 Å². The van der Waals surface area contributed by atoms with Crippen molar-refractivity contribution in [3.63, 3.8) is 0 Å². The number of hydrogen-bond acceptors (Lipinski definition) is 6. The zero-order valence-electron chi connectivity index (χ0n) is 14.4. The Kier molecular flexibility index (Phi) is 5.29. The average Bonchev–Trinajstić information content (AvgIpc) is 3.07. The highest BCUT2D eigenvalue weighted by atomic mass is 32.2. The van der Waals surface area contributed by atoms with E-state index in [4.69, 9.17) is 4.74 Å². The molecule has 1 aromatic carbocycles. The number of sulfone groups is 1. The molecule has 0 N–H and O–H groups in total. The quantitative estimate of drug-likeness (QED) is 0.586. The Hall–Kier alpha value is -1.67. The summed E-state index contributed by atoms with van der Waals surface area (Å²) >= 11 is 0. The fraction of sp³-hybridized carbons (Fsp3) is 0.647. The average molecular weight is 368 g/mol. The van der Waals surface area contributed by atoms with Gasteiger partial charge in [-0.25, -0.2) is 8.42 Å². The van der Waals surface area contributed by atoms with E-state index in [1.54, 1.807) is 12.1 Å². The van der Waals surface area contributed by atoms with Gasteiger partial charge in [-0.15, -0.1) is 0 Å². The summed E-state index contributed by atoms with van der Waals surface area (Å²) in [5.74, 6) is 0. The van der Waals surface area contributed by atoms with E-state index in [0.717, 1.165) is 31.9 Å². The SMILES string of the molecule is CS(=O)(=O)c1cccc(N2CCC(OC3CCCC3)CC2)c1[N+](=O)[O-]. The molecule has 25 heavy (non-hydrogen) atoms. The molecule has 0 radical (unpaired) electrons. The highest BCUT2D eigenvalue weighted by Gasteiger charge is 2.31. The molecule has 0 bridgehead atoms. The number of para-hydroxylation sites is 1. The normalized spacial score (nSPS) is 20.1. The van der Waals surface area contributed by atoms with Crippen molar-refractivity contribution in [2.24, 2.45) is 0 Å². The van der Waals surface area contributed by atoms with Crippen LogP contribution < -0.4 is 4.90 Å². The number of nitro groups is 1. The predicted octanol–water partition coefficient (Wildman–Crippen LogP) is 2.93. The topological polar surface area (TPSA) is 89.8 Å². The molecular weight excluding hydrogens is 344 g/mol. The second-order valence-electron chi connectivity index (χ2n) is 6.88. The summed E-state index contributed by atoms with van der Waals surface area (Å²) in [4.78, 5) is 12.6. The lowest BCUT2D eigenvalue weighted by Gasteiger charge is -2.34. The standard InChI is InChI=1S/C17H24N2O5S/c1-25(22,23)16-8-4-7-15(17(16)19(20)21)18-11-9-14(10-12-18)24-13-5-2-3-6-13/h4,7-8,13-14H,2-3,5-6,9-12H2,1H3. The van der Waals surface area contributed by atoms with Crippen LogP contribution >= 0.6 is 0 Å². The number of nitrogens with zero attached hydrogens (tertiary/aromatic N) is 2. The number of rotatable bonds is 5. The molecule has 1 heterocycles. The Morgan fingerprint density at radius 3 is 2.28 bits per heavy atom. The molecule has 0 spiro atoms. The molecule has 1 aliphatic carbocycles. The lowest BCUT2D eigenvalue weighted by atomic mass is 10.1. The summed E-state index contributed by atoms with van der Waals surface area (Å²) in [6.07, 6.45) is 7.87. The van der Waals surface area contributed by atoms with Gasteiger partial charge in [-0.05, 0) is 37.8 Å². The van der Waals surface area contributed by atoms with Crippen LogP contribution in [-0.2, 0) is 14.6 Å². The van der Waals surface area contributed by atoms with Crippen LogP contribution in [0, 0.1) is 10.1 Å². The number of ether oxygens (including phenoxy) is 1. The van der Waals surface area contributed by atoms with Gasteiger partial charge in [0.1, 0.15) is 10.6 Å². The van der Waals surface area contributed by atoms with Gasteiger partial charge in [0.15, 0.2) is 9.84 Å². The summed E-state index contributed by atoms with van der Waals surface area (Å²) < 4.78 is 29.9. The first kappa shape index (κ1) is 18.1. The van der Waals surface area contributed by atoms with Crippen molar-refractivity contribution in [3.05, 3.63) is 28.3 Å². The largest absolute Gasteiger partial charge is 0.375 e. The Morgan fingerprint density at radius 2 is 1.72 bits per heavy atom. The fourth-order valence-corrected chi connectivity index (χ4v) is 4.63. The van der Waals surface area contributed by atoms with Crippen LogP contribution in [0.25, 0.3) is 0 Å². The smallest absolute Gasteiger partial charge is 0.311 e. The molecule has 1 aromatic rings. The Labute approximate surface area is 148 Å². The summed E-state index contributed by atoms with van der Waals surface area (Å²) in [5, 5.41) is 11.5. The zero-order valence-corrected chi connectivity index (χ0v) is 15.2. The van der Waals surface area contributed by atoms with Crippen LogP contribution in [-0.4, -0.2) is 44.9 Å². The van der Waals surface area contributed by atoms with Crippen molar-refractivity contribution in [3.8, 4) is 0 Å². The molecule has 2 aliphatic rings. The molecule has 3 rings (SSSR count). The lowest BCUT2D eigenvalue weighted by molar-refractivity contribution is -0.387. The predicted molar refractivity (Wildman–Crippen MR) is 94.8 cm³/mol. The second-order valence-corrected chi connectivity index (χ2v) is 8.87. The summed E-state index contributed by atoms with van der Waals surface area (Å²) in [6, 6.07) is 4.50. The van der Waals surface area contributed by atoms with E-state index in [0.29, 0.717) is 24.9 Å². The van der Waals surface area contributed by atoms with E-state index in [1.807, 2.05) is 4.90 Å². The molecule has 1 aliphatic heterocycles. The summed E-state index contributed by atoms with van der Waals surface area (Å²) in [6.45, 7) is 1.26. The highest BCUT2D eigenvalue weighted by Crippen LogP contribution is 2.36. The molecule has 0 aromatic heterocycles. The van der Waals surface area contributed by atoms with Gasteiger partial charge < -0.3 is 9.64 Å². The first-order valence-corrected chi connectivity index (χ1v) is 10.6. The minimum Gasteiger partial charge on any atom is -0.375 e. The van der Waals surface area contributed by atoms with Crippen molar-refractivity contribution in [1.29, 1.82) is 0 Å². The van der Waals surface area contributed by atoms with Crippen molar-refractivity contribution >= 4 is 21.2 Å². The Morgan fingerprint density at radius 1 is 1.12 bits per heavy atom. The van der Waals surface area contributed by atoms with E-state index in [9.17, 15) is 18.5 Å². The van der Waals surface area contributed by atoms with Gasteiger partial charge in [0, 0.05) is 19.3 Å². The number of nitro benzene ring substituents is 1. The molecule has 1 saturated heterocycles. The first-order valence-electron chi connectivity index (χ1n) is 8.74. The number of hydrogen-bond donors (Lipinski definition) is 0. The van der Waals surface area contributed by atoms with Crippen molar-refractivity contribution in [2.45, 2.75) is 55.6 Å². The van der Waals surface area contributed by atoms with E-state index in [-0.39, 0.29) is 16.7 Å². The third-order valence-electron chi connectivity index (χ3n) is 5.03. The van der Waals surface area contributed by atoms with Gasteiger partial charge >= 0.3 is 5.69 Å². The van der Waals surface area contributed by atoms with Crippen LogP contribution in [0.2, 0.25) is 0 Å². The van der Waals surface area contributed by atoms with Crippen molar-refractivity contribution in [2.75, 3.05) is 24.2 Å². The number of piperidine rings is 1. The third-order valence-corrected chi connectivity index (χ3v) is 6.16. The second kappa shape index (κ2) is 7.29. The molecule has 7 nitrogen and oxygen atoms in total. The Bertz CT molecular complexity index is 735. The summed E-state index contributed by atoms with van der Waals surface area (Å²) in [7, 11) is -3.66. The molecule has 2 fully saturated rings. The highest BCUT2D eigenvalue weighted by molar-refractivity contribution is 7.90. The molecule has 8 heteroatoms. The van der Waals surface area contributed by atoms with Gasteiger partial charge in [0.2, 0.25) is 0 Å². The van der Waals surface area contributed by atoms with Gasteiger partial charge in [-0.1, -0.05) is 18.9 Å². The van der Waals surface area contributed by atoms with Crippen molar-refractivity contribution < 1.29 is 18.1 Å². The maximum Gasteiger partial charge on any atom is 0.311 e. The van der Waals surface area contributed by atoms with Crippen LogP contribution in [0.4, 0.5) is 11.4 Å². The van der Waals surface area contributed by atoms with Crippen LogP contribution in [0.3, 0.4) is 0 Å². The third kappa shape index (κ3) is 4.12. The van der Waals surface area contributed by atoms with E-state index < -0.39 is 14.8 Å². The number of benzene rings is 1. The maximum absolute atomic E-state index is 11.9. The monoisotopic (exact) mass is 368 g/mol. The summed E-state index contributed by atoms with van der Waals surface area (Å²) in [5.41, 5.74) is 0.0624. The van der Waals surface area contributed by atoms with E-state index in [1.165, 1.54) is 18.9 Å². The van der Waals surface area contributed by atoms with Gasteiger partial charge in [0.05, 0.1) is 17.1 Å².